The summed E-state index contributed by atoms with van der Waals surface area (Å²) < 4.78 is 39.8. The molecule has 3 aromatic rings. The lowest BCUT2D eigenvalue weighted by Crippen LogP contribution is -2.22. The Morgan fingerprint density at radius 2 is 1.96 bits per heavy atom. The number of rotatable bonds is 5. The van der Waals surface area contributed by atoms with Crippen molar-refractivity contribution in [3.05, 3.63) is 59.7 Å². The first-order valence-corrected chi connectivity index (χ1v) is 9.57. The molecular weight excluding hydrogens is 359 g/mol. The fourth-order valence-electron chi connectivity index (χ4n) is 2.59. The summed E-state index contributed by atoms with van der Waals surface area (Å²) in [7, 11) is -1.70. The molecule has 0 bridgehead atoms. The topological polar surface area (TPSA) is 93.1 Å². The number of benzene rings is 1. The Morgan fingerprint density at radius 1 is 1.27 bits per heavy atom. The normalized spacial score (nSPS) is 11.5. The zero-order valence-corrected chi connectivity index (χ0v) is 15.0. The fourth-order valence-corrected chi connectivity index (χ4v) is 3.13. The maximum Gasteiger partial charge on any atom is 0.253 e. The van der Waals surface area contributed by atoms with Crippen molar-refractivity contribution in [3.63, 3.8) is 0 Å². The van der Waals surface area contributed by atoms with Crippen molar-refractivity contribution < 1.29 is 17.6 Å². The molecule has 0 atom stereocenters. The summed E-state index contributed by atoms with van der Waals surface area (Å²) in [4.78, 5) is 16.8. The van der Waals surface area contributed by atoms with Crippen LogP contribution in [0.5, 0.6) is 0 Å². The van der Waals surface area contributed by atoms with E-state index in [0.717, 1.165) is 11.8 Å². The van der Waals surface area contributed by atoms with E-state index in [2.05, 4.69) is 15.0 Å². The molecular formula is C17H17FN4O3S. The van der Waals surface area contributed by atoms with Crippen LogP contribution in [-0.4, -0.2) is 30.1 Å². The van der Waals surface area contributed by atoms with E-state index >= 15 is 0 Å². The predicted molar refractivity (Wildman–Crippen MR) is 96.8 cm³/mol. The summed E-state index contributed by atoms with van der Waals surface area (Å²) in [5, 5.41) is 3.29. The lowest BCUT2D eigenvalue weighted by molar-refractivity contribution is 0.0952. The highest BCUT2D eigenvalue weighted by Gasteiger charge is 2.16. The second kappa shape index (κ2) is 6.75. The van der Waals surface area contributed by atoms with Crippen molar-refractivity contribution in [3.8, 4) is 0 Å². The number of aryl methyl sites for hydroxylation is 1. The molecule has 0 saturated carbocycles. The first-order valence-electron chi connectivity index (χ1n) is 7.68. The molecule has 26 heavy (non-hydrogen) atoms. The van der Waals surface area contributed by atoms with Crippen LogP contribution in [0.2, 0.25) is 0 Å². The van der Waals surface area contributed by atoms with Crippen molar-refractivity contribution in [2.45, 2.75) is 6.54 Å². The Labute approximate surface area is 149 Å². The van der Waals surface area contributed by atoms with Crippen molar-refractivity contribution in [1.82, 2.24) is 14.9 Å². The number of halogens is 1. The van der Waals surface area contributed by atoms with E-state index in [4.69, 9.17) is 0 Å². The van der Waals surface area contributed by atoms with Crippen LogP contribution < -0.4 is 10.0 Å². The molecule has 1 amide bonds. The van der Waals surface area contributed by atoms with Gasteiger partial charge in [-0.1, -0.05) is 12.1 Å². The van der Waals surface area contributed by atoms with Gasteiger partial charge in [0.25, 0.3) is 5.91 Å². The van der Waals surface area contributed by atoms with E-state index in [1.807, 2.05) is 0 Å². The fraction of sp³-hybridized carbons (Fsp3) is 0.176. The molecule has 0 fully saturated rings. The van der Waals surface area contributed by atoms with Gasteiger partial charge in [0.15, 0.2) is 0 Å². The smallest absolute Gasteiger partial charge is 0.253 e. The minimum absolute atomic E-state index is 0.240. The maximum atomic E-state index is 12.9. The molecule has 2 aromatic heterocycles. The summed E-state index contributed by atoms with van der Waals surface area (Å²) in [5.41, 5.74) is 1.96. The zero-order valence-electron chi connectivity index (χ0n) is 14.2. The molecule has 0 saturated heterocycles. The van der Waals surface area contributed by atoms with E-state index in [-0.39, 0.29) is 24.0 Å². The maximum absolute atomic E-state index is 12.9. The second-order valence-corrected chi connectivity index (χ2v) is 7.68. The minimum Gasteiger partial charge on any atom is -0.348 e. The summed E-state index contributed by atoms with van der Waals surface area (Å²) in [5.74, 6) is -0.677. The van der Waals surface area contributed by atoms with Crippen LogP contribution in [-0.2, 0) is 23.6 Å². The molecule has 136 valence electrons. The first-order chi connectivity index (χ1) is 12.2. The standard InChI is InChI=1S/C17H17FN4O3S/c1-22-10-15(17(23)20-8-11-3-5-12(18)6-4-11)14-7-13(9-19-16(14)22)21-26(2,24)25/h3-7,9-10,21H,8H2,1-2H3,(H,20,23). The molecule has 3 rings (SSSR count). The SMILES string of the molecule is Cn1cc(C(=O)NCc2ccc(F)cc2)c2cc(NS(C)(=O)=O)cnc21. The van der Waals surface area contributed by atoms with Gasteiger partial charge in [-0.15, -0.1) is 0 Å². The third-order valence-corrected chi connectivity index (χ3v) is 4.33. The molecule has 2 N–H and O–H groups in total. The number of amides is 1. The number of hydrogen-bond donors (Lipinski definition) is 2. The molecule has 7 nitrogen and oxygen atoms in total. The third-order valence-electron chi connectivity index (χ3n) is 3.73. The molecule has 0 aliphatic carbocycles. The second-order valence-electron chi connectivity index (χ2n) is 5.93. The summed E-state index contributed by atoms with van der Waals surface area (Å²) in [6, 6.07) is 7.40. The Balaban J connectivity index is 1.86. The van der Waals surface area contributed by atoms with Gasteiger partial charge in [-0.2, -0.15) is 0 Å². The lowest BCUT2D eigenvalue weighted by atomic mass is 10.2. The average molecular weight is 376 g/mol. The Kier molecular flexibility index (Phi) is 4.64. The van der Waals surface area contributed by atoms with Crippen LogP contribution in [0.25, 0.3) is 11.0 Å². The van der Waals surface area contributed by atoms with Gasteiger partial charge in [-0.25, -0.2) is 17.8 Å². The minimum atomic E-state index is -3.45. The van der Waals surface area contributed by atoms with Gasteiger partial charge in [0.05, 0.1) is 23.7 Å². The van der Waals surface area contributed by atoms with Crippen LogP contribution in [0.3, 0.4) is 0 Å². The number of fused-ring (bicyclic) bond motifs is 1. The largest absolute Gasteiger partial charge is 0.348 e. The van der Waals surface area contributed by atoms with Gasteiger partial charge in [-0.05, 0) is 23.8 Å². The Morgan fingerprint density at radius 3 is 2.62 bits per heavy atom. The number of aromatic nitrogens is 2. The molecule has 0 aliphatic heterocycles. The predicted octanol–water partition coefficient (Wildman–Crippen LogP) is 2.01. The molecule has 2 heterocycles. The van der Waals surface area contributed by atoms with Gasteiger partial charge in [0.2, 0.25) is 10.0 Å². The quantitative estimate of drug-likeness (QED) is 0.712. The number of anilines is 1. The van der Waals surface area contributed by atoms with Gasteiger partial charge < -0.3 is 9.88 Å². The monoisotopic (exact) mass is 376 g/mol. The molecule has 0 spiro atoms. The number of pyridine rings is 1. The molecule has 1 aromatic carbocycles. The van der Waals surface area contributed by atoms with E-state index in [1.165, 1.54) is 18.3 Å². The summed E-state index contributed by atoms with van der Waals surface area (Å²) in [6.07, 6.45) is 4.06. The number of nitrogens with zero attached hydrogens (tertiary/aromatic N) is 2. The van der Waals surface area contributed by atoms with Crippen molar-refractivity contribution >= 4 is 32.7 Å². The average Bonchev–Trinajstić information content (AvgIpc) is 2.89. The van der Waals surface area contributed by atoms with Gasteiger partial charge in [-0.3, -0.25) is 9.52 Å². The van der Waals surface area contributed by atoms with E-state index < -0.39 is 10.0 Å². The Bertz CT molecular complexity index is 1080. The van der Waals surface area contributed by atoms with Crippen LogP contribution in [0.15, 0.2) is 42.7 Å². The van der Waals surface area contributed by atoms with E-state index in [9.17, 15) is 17.6 Å². The van der Waals surface area contributed by atoms with E-state index in [1.54, 1.807) is 36.0 Å². The number of hydrogen-bond acceptors (Lipinski definition) is 4. The molecule has 0 aliphatic rings. The van der Waals surface area contributed by atoms with Gasteiger partial charge in [0, 0.05) is 25.2 Å². The Hall–Kier alpha value is -2.94. The number of carbonyl (C=O) groups excluding carboxylic acids is 1. The first kappa shape index (κ1) is 17.9. The summed E-state index contributed by atoms with van der Waals surface area (Å²) >= 11 is 0. The van der Waals surface area contributed by atoms with E-state index in [0.29, 0.717) is 16.6 Å². The highest BCUT2D eigenvalue weighted by Crippen LogP contribution is 2.22. The van der Waals surface area contributed by atoms with Crippen molar-refractivity contribution in [2.75, 3.05) is 11.0 Å². The van der Waals surface area contributed by atoms with Gasteiger partial charge in [0.1, 0.15) is 11.5 Å². The number of carbonyl (C=O) groups is 1. The van der Waals surface area contributed by atoms with Crippen molar-refractivity contribution in [1.29, 1.82) is 0 Å². The van der Waals surface area contributed by atoms with Gasteiger partial charge >= 0.3 is 0 Å². The zero-order chi connectivity index (χ0) is 18.9. The van der Waals surface area contributed by atoms with Crippen LogP contribution in [0, 0.1) is 5.82 Å². The lowest BCUT2D eigenvalue weighted by Gasteiger charge is -2.06. The van der Waals surface area contributed by atoms with Crippen molar-refractivity contribution in [2.24, 2.45) is 7.05 Å². The van der Waals surface area contributed by atoms with Crippen LogP contribution in [0.4, 0.5) is 10.1 Å². The highest BCUT2D eigenvalue weighted by atomic mass is 32.2. The molecule has 0 unspecified atom stereocenters. The molecule has 0 radical (unpaired) electrons. The molecule has 9 heteroatoms. The van der Waals surface area contributed by atoms with Crippen LogP contribution >= 0.6 is 0 Å². The summed E-state index contributed by atoms with van der Waals surface area (Å²) in [6.45, 7) is 0.240. The highest BCUT2D eigenvalue weighted by molar-refractivity contribution is 7.92. The third kappa shape index (κ3) is 3.99. The number of nitrogens with one attached hydrogen (secondary N) is 2. The number of sulfonamides is 1. The van der Waals surface area contributed by atoms with Crippen LogP contribution in [0.1, 0.15) is 15.9 Å².